The lowest BCUT2D eigenvalue weighted by Crippen LogP contribution is -2.37. The number of morpholine rings is 1. The zero-order valence-corrected chi connectivity index (χ0v) is 18.6. The highest BCUT2D eigenvalue weighted by Crippen LogP contribution is 2.32. The van der Waals surface area contributed by atoms with Gasteiger partial charge in [-0.2, -0.15) is 13.2 Å². The number of benzene rings is 2. The first kappa shape index (κ1) is 22.0. The van der Waals surface area contributed by atoms with Crippen molar-refractivity contribution < 1.29 is 17.9 Å². The third kappa shape index (κ3) is 4.50. The van der Waals surface area contributed by atoms with Crippen LogP contribution < -0.4 is 4.90 Å². The second kappa shape index (κ2) is 8.83. The maximum absolute atomic E-state index is 12.9. The van der Waals surface area contributed by atoms with Crippen molar-refractivity contribution in [2.45, 2.75) is 25.7 Å². The monoisotopic (exact) mass is 456 g/mol. The zero-order chi connectivity index (χ0) is 23.0. The summed E-state index contributed by atoms with van der Waals surface area (Å²) in [5.74, 6) is 0.712. The summed E-state index contributed by atoms with van der Waals surface area (Å²) < 4.78 is 46.3. The molecule has 0 radical (unpaired) electrons. The molecule has 2 aliphatic rings. The zero-order valence-electron chi connectivity index (χ0n) is 18.6. The molecule has 1 saturated heterocycles. The molecule has 0 atom stereocenters. The molecule has 2 aliphatic heterocycles. The van der Waals surface area contributed by atoms with Gasteiger partial charge < -0.3 is 14.2 Å². The quantitative estimate of drug-likeness (QED) is 0.579. The van der Waals surface area contributed by atoms with Crippen LogP contribution in [0, 0.1) is 0 Å². The molecule has 5 nitrogen and oxygen atoms in total. The average Bonchev–Trinajstić information content (AvgIpc) is 3.15. The van der Waals surface area contributed by atoms with Crippen molar-refractivity contribution in [1.29, 1.82) is 0 Å². The van der Waals surface area contributed by atoms with Gasteiger partial charge in [0.1, 0.15) is 5.82 Å². The molecule has 0 bridgehead atoms. The molecule has 2 aromatic carbocycles. The van der Waals surface area contributed by atoms with Crippen molar-refractivity contribution in [3.63, 3.8) is 0 Å². The van der Waals surface area contributed by atoms with Crippen molar-refractivity contribution in [3.8, 4) is 11.4 Å². The minimum Gasteiger partial charge on any atom is -0.378 e. The van der Waals surface area contributed by atoms with Crippen LogP contribution in [0.1, 0.15) is 22.5 Å². The van der Waals surface area contributed by atoms with E-state index in [1.165, 1.54) is 23.4 Å². The Labute approximate surface area is 191 Å². The molecular formula is C25H27F3N4O. The van der Waals surface area contributed by atoms with Crippen molar-refractivity contribution in [2.75, 3.05) is 37.7 Å². The van der Waals surface area contributed by atoms with E-state index in [2.05, 4.69) is 34.1 Å². The molecule has 0 amide bonds. The lowest BCUT2D eigenvalue weighted by Gasteiger charge is -2.33. The molecule has 3 heterocycles. The smallest absolute Gasteiger partial charge is 0.378 e. The molecule has 1 aromatic heterocycles. The van der Waals surface area contributed by atoms with Crippen molar-refractivity contribution >= 4 is 5.69 Å². The average molecular weight is 457 g/mol. The van der Waals surface area contributed by atoms with E-state index in [0.29, 0.717) is 11.4 Å². The van der Waals surface area contributed by atoms with Crippen molar-refractivity contribution in [2.24, 2.45) is 7.05 Å². The molecular weight excluding hydrogens is 429 g/mol. The van der Waals surface area contributed by atoms with Gasteiger partial charge in [0, 0.05) is 57.4 Å². The van der Waals surface area contributed by atoms with Gasteiger partial charge in [-0.25, -0.2) is 4.98 Å². The van der Waals surface area contributed by atoms with Gasteiger partial charge in [-0.15, -0.1) is 0 Å². The van der Waals surface area contributed by atoms with E-state index in [-0.39, 0.29) is 0 Å². The Bertz CT molecular complexity index is 1120. The van der Waals surface area contributed by atoms with Crippen LogP contribution in [0.5, 0.6) is 0 Å². The molecule has 1 fully saturated rings. The summed E-state index contributed by atoms with van der Waals surface area (Å²) in [5, 5.41) is 0. The highest BCUT2D eigenvalue weighted by atomic mass is 19.4. The fraction of sp³-hybridized carbons (Fsp3) is 0.400. The lowest BCUT2D eigenvalue weighted by atomic mass is 10.1. The minimum absolute atomic E-state index is 0.643. The normalized spacial score (nSPS) is 17.3. The van der Waals surface area contributed by atoms with Crippen LogP contribution in [-0.2, 0) is 37.5 Å². The molecule has 0 aliphatic carbocycles. The molecule has 8 heteroatoms. The standard InChI is InChI=1S/C25H27F3N4O/c1-30-23-17-31(16-19-4-2-3-5-22(19)32-12-14-33-15-13-32)11-10-21(23)29-24(30)18-6-8-20(9-7-18)25(26,27)28/h2-9H,10-17H2,1H3. The maximum Gasteiger partial charge on any atom is 0.416 e. The first-order valence-electron chi connectivity index (χ1n) is 11.3. The molecule has 0 unspecified atom stereocenters. The van der Waals surface area contributed by atoms with Crippen molar-refractivity contribution in [1.82, 2.24) is 14.5 Å². The van der Waals surface area contributed by atoms with Gasteiger partial charge in [-0.1, -0.05) is 30.3 Å². The Morgan fingerprint density at radius 3 is 2.42 bits per heavy atom. The Hall–Kier alpha value is -2.84. The van der Waals surface area contributed by atoms with Crippen LogP contribution >= 0.6 is 0 Å². The number of ether oxygens (including phenoxy) is 1. The lowest BCUT2D eigenvalue weighted by molar-refractivity contribution is -0.137. The number of anilines is 1. The number of para-hydroxylation sites is 1. The number of aromatic nitrogens is 2. The highest BCUT2D eigenvalue weighted by molar-refractivity contribution is 5.58. The van der Waals surface area contributed by atoms with E-state index in [4.69, 9.17) is 9.72 Å². The summed E-state index contributed by atoms with van der Waals surface area (Å²) in [6.45, 7) is 5.81. The van der Waals surface area contributed by atoms with E-state index in [1.807, 2.05) is 11.6 Å². The van der Waals surface area contributed by atoms with E-state index >= 15 is 0 Å². The van der Waals surface area contributed by atoms with Gasteiger partial charge in [0.25, 0.3) is 0 Å². The molecule has 33 heavy (non-hydrogen) atoms. The maximum atomic E-state index is 12.9. The fourth-order valence-corrected chi connectivity index (χ4v) is 4.74. The van der Waals surface area contributed by atoms with Gasteiger partial charge in [0.15, 0.2) is 0 Å². The van der Waals surface area contributed by atoms with Crippen LogP contribution in [0.4, 0.5) is 18.9 Å². The highest BCUT2D eigenvalue weighted by Gasteiger charge is 2.30. The SMILES string of the molecule is Cn1c(-c2ccc(C(F)(F)F)cc2)nc2c1CN(Cc1ccccc1N1CCOCC1)CC2. The summed E-state index contributed by atoms with van der Waals surface area (Å²) in [5.41, 5.74) is 4.78. The predicted octanol–water partition coefficient (Wildman–Crippen LogP) is 4.50. The van der Waals surface area contributed by atoms with Gasteiger partial charge >= 0.3 is 6.18 Å². The van der Waals surface area contributed by atoms with E-state index < -0.39 is 11.7 Å². The number of hydrogen-bond donors (Lipinski definition) is 0. The molecule has 174 valence electrons. The largest absolute Gasteiger partial charge is 0.416 e. The van der Waals surface area contributed by atoms with Crippen LogP contribution in [0.3, 0.4) is 0 Å². The number of halogens is 3. The molecule has 5 rings (SSSR count). The summed E-state index contributed by atoms with van der Waals surface area (Å²) in [4.78, 5) is 9.58. The molecule has 0 saturated carbocycles. The van der Waals surface area contributed by atoms with Crippen molar-refractivity contribution in [3.05, 3.63) is 71.0 Å². The van der Waals surface area contributed by atoms with Crippen LogP contribution in [0.15, 0.2) is 48.5 Å². The Kier molecular flexibility index (Phi) is 5.88. The minimum atomic E-state index is -4.34. The Morgan fingerprint density at radius 2 is 1.70 bits per heavy atom. The second-order valence-corrected chi connectivity index (χ2v) is 8.65. The van der Waals surface area contributed by atoms with Crippen LogP contribution in [0.25, 0.3) is 11.4 Å². The third-order valence-electron chi connectivity index (χ3n) is 6.54. The first-order valence-corrected chi connectivity index (χ1v) is 11.3. The van der Waals surface area contributed by atoms with E-state index in [0.717, 1.165) is 75.9 Å². The van der Waals surface area contributed by atoms with Gasteiger partial charge in [-0.05, 0) is 23.8 Å². The van der Waals surface area contributed by atoms with Gasteiger partial charge in [0.05, 0.1) is 30.2 Å². The number of imidazole rings is 1. The Morgan fingerprint density at radius 1 is 0.970 bits per heavy atom. The number of rotatable bonds is 4. The number of alkyl halides is 3. The molecule has 0 spiro atoms. The molecule has 0 N–H and O–H groups in total. The number of nitrogens with zero attached hydrogens (tertiary/aromatic N) is 4. The topological polar surface area (TPSA) is 33.5 Å². The number of hydrogen-bond acceptors (Lipinski definition) is 4. The summed E-state index contributed by atoms with van der Waals surface area (Å²) in [6.07, 6.45) is -3.51. The van der Waals surface area contributed by atoms with E-state index in [1.54, 1.807) is 0 Å². The third-order valence-corrected chi connectivity index (χ3v) is 6.54. The predicted molar refractivity (Wildman–Crippen MR) is 121 cm³/mol. The van der Waals surface area contributed by atoms with Gasteiger partial charge in [0.2, 0.25) is 0 Å². The summed E-state index contributed by atoms with van der Waals surface area (Å²) in [6, 6.07) is 13.8. The summed E-state index contributed by atoms with van der Waals surface area (Å²) >= 11 is 0. The van der Waals surface area contributed by atoms with Crippen LogP contribution in [0.2, 0.25) is 0 Å². The second-order valence-electron chi connectivity index (χ2n) is 8.65. The first-order chi connectivity index (χ1) is 15.9. The van der Waals surface area contributed by atoms with E-state index in [9.17, 15) is 13.2 Å². The molecule has 3 aromatic rings. The summed E-state index contributed by atoms with van der Waals surface area (Å²) in [7, 11) is 1.95. The number of fused-ring (bicyclic) bond motifs is 1. The van der Waals surface area contributed by atoms with Gasteiger partial charge in [-0.3, -0.25) is 4.90 Å². The van der Waals surface area contributed by atoms with Crippen LogP contribution in [-0.4, -0.2) is 47.3 Å². The Balaban J connectivity index is 1.35. The fourth-order valence-electron chi connectivity index (χ4n) is 4.74.